The number of carbonyl (C=O) groups is 3. The SMILES string of the molecule is O=C(O)C[C@H](NC(=O)c1c[nH]c2ccccc2c1=O)C(=O)O. The van der Waals surface area contributed by atoms with E-state index in [0.717, 1.165) is 0 Å². The molecule has 0 saturated heterocycles. The Morgan fingerprint density at radius 2 is 1.86 bits per heavy atom. The summed E-state index contributed by atoms with van der Waals surface area (Å²) >= 11 is 0. The lowest BCUT2D eigenvalue weighted by Crippen LogP contribution is -2.43. The van der Waals surface area contributed by atoms with Crippen LogP contribution in [0, 0.1) is 0 Å². The molecule has 0 unspecified atom stereocenters. The first-order chi connectivity index (χ1) is 10.4. The number of nitrogens with one attached hydrogen (secondary N) is 2. The number of benzene rings is 1. The molecule has 1 heterocycles. The van der Waals surface area contributed by atoms with Gasteiger partial charge in [-0.25, -0.2) is 4.79 Å². The Balaban J connectivity index is 2.33. The number of carboxylic acid groups (broad SMARTS) is 2. The van der Waals surface area contributed by atoms with Crippen LogP contribution in [0.3, 0.4) is 0 Å². The second kappa shape index (κ2) is 6.08. The molecular formula is C14H12N2O6. The number of hydrogen-bond acceptors (Lipinski definition) is 4. The van der Waals surface area contributed by atoms with Gasteiger partial charge in [0.2, 0.25) is 5.43 Å². The van der Waals surface area contributed by atoms with Crippen molar-refractivity contribution in [3.63, 3.8) is 0 Å². The summed E-state index contributed by atoms with van der Waals surface area (Å²) in [5.74, 6) is -3.81. The Hall–Kier alpha value is -3.16. The van der Waals surface area contributed by atoms with E-state index in [0.29, 0.717) is 5.52 Å². The average molecular weight is 304 g/mol. The number of fused-ring (bicyclic) bond motifs is 1. The van der Waals surface area contributed by atoms with Crippen molar-refractivity contribution in [3.05, 3.63) is 46.2 Å². The minimum Gasteiger partial charge on any atom is -0.481 e. The first-order valence-electron chi connectivity index (χ1n) is 6.26. The smallest absolute Gasteiger partial charge is 0.326 e. The van der Waals surface area contributed by atoms with Gasteiger partial charge in [0.25, 0.3) is 5.91 Å². The highest BCUT2D eigenvalue weighted by Crippen LogP contribution is 2.07. The van der Waals surface area contributed by atoms with Crippen LogP contribution in [0.4, 0.5) is 0 Å². The van der Waals surface area contributed by atoms with Gasteiger partial charge in [-0.15, -0.1) is 0 Å². The van der Waals surface area contributed by atoms with E-state index < -0.39 is 35.7 Å². The third-order valence-corrected chi connectivity index (χ3v) is 3.02. The van der Waals surface area contributed by atoms with Crippen LogP contribution >= 0.6 is 0 Å². The minimum atomic E-state index is -1.61. The predicted octanol–water partition coefficient (Wildman–Crippen LogP) is 0.186. The van der Waals surface area contributed by atoms with Crippen LogP contribution in [-0.2, 0) is 9.59 Å². The lowest BCUT2D eigenvalue weighted by atomic mass is 10.1. The van der Waals surface area contributed by atoms with E-state index in [-0.39, 0.29) is 10.9 Å². The fourth-order valence-corrected chi connectivity index (χ4v) is 1.95. The summed E-state index contributed by atoms with van der Waals surface area (Å²) < 4.78 is 0. The summed E-state index contributed by atoms with van der Waals surface area (Å²) in [6, 6.07) is 4.91. The number of carboxylic acids is 2. The summed E-state index contributed by atoms with van der Waals surface area (Å²) in [6.45, 7) is 0. The molecule has 4 N–H and O–H groups in total. The molecule has 0 fully saturated rings. The number of carbonyl (C=O) groups excluding carboxylic acids is 1. The van der Waals surface area contributed by atoms with E-state index in [1.807, 2.05) is 5.32 Å². The van der Waals surface area contributed by atoms with Crippen LogP contribution in [0.15, 0.2) is 35.3 Å². The van der Waals surface area contributed by atoms with Crippen LogP contribution in [0.1, 0.15) is 16.8 Å². The number of rotatable bonds is 5. The van der Waals surface area contributed by atoms with Gasteiger partial charge in [-0.1, -0.05) is 12.1 Å². The van der Waals surface area contributed by atoms with Gasteiger partial charge in [-0.05, 0) is 12.1 Å². The summed E-state index contributed by atoms with van der Waals surface area (Å²) in [7, 11) is 0. The minimum absolute atomic E-state index is 0.278. The standard InChI is InChI=1S/C14H12N2O6/c17-11(18)5-10(14(21)22)16-13(20)8-6-15-9-4-2-1-3-7(9)12(8)19/h1-4,6,10H,5H2,(H,15,19)(H,16,20)(H,17,18)(H,21,22)/t10-/m0/s1. The van der Waals surface area contributed by atoms with E-state index >= 15 is 0 Å². The number of para-hydroxylation sites is 1. The zero-order chi connectivity index (χ0) is 16.3. The second-order valence-corrected chi connectivity index (χ2v) is 4.54. The largest absolute Gasteiger partial charge is 0.481 e. The molecule has 2 aromatic rings. The quantitative estimate of drug-likeness (QED) is 0.622. The number of H-pyrrole nitrogens is 1. The van der Waals surface area contributed by atoms with Crippen molar-refractivity contribution in [1.82, 2.24) is 10.3 Å². The number of aromatic nitrogens is 1. The third kappa shape index (κ3) is 3.11. The van der Waals surface area contributed by atoms with E-state index in [4.69, 9.17) is 10.2 Å². The van der Waals surface area contributed by atoms with E-state index in [2.05, 4.69) is 4.98 Å². The van der Waals surface area contributed by atoms with E-state index in [1.54, 1.807) is 18.2 Å². The van der Waals surface area contributed by atoms with Gasteiger partial charge in [-0.3, -0.25) is 14.4 Å². The number of aromatic amines is 1. The molecule has 0 aliphatic carbocycles. The number of pyridine rings is 1. The highest BCUT2D eigenvalue weighted by Gasteiger charge is 2.24. The zero-order valence-corrected chi connectivity index (χ0v) is 11.2. The Bertz CT molecular complexity index is 810. The molecule has 8 heteroatoms. The fraction of sp³-hybridized carbons (Fsp3) is 0.143. The van der Waals surface area contributed by atoms with Crippen LogP contribution < -0.4 is 10.7 Å². The maximum Gasteiger partial charge on any atom is 0.326 e. The highest BCUT2D eigenvalue weighted by molar-refractivity contribution is 5.99. The van der Waals surface area contributed by atoms with Gasteiger partial charge < -0.3 is 20.5 Å². The first-order valence-corrected chi connectivity index (χ1v) is 6.26. The molecule has 2 rings (SSSR count). The molecule has 22 heavy (non-hydrogen) atoms. The Kier molecular flexibility index (Phi) is 4.21. The summed E-state index contributed by atoms with van der Waals surface area (Å²) in [6.07, 6.45) is 0.381. The van der Waals surface area contributed by atoms with Crippen molar-refractivity contribution in [2.45, 2.75) is 12.5 Å². The Morgan fingerprint density at radius 1 is 1.18 bits per heavy atom. The zero-order valence-electron chi connectivity index (χ0n) is 11.2. The fourth-order valence-electron chi connectivity index (χ4n) is 1.95. The van der Waals surface area contributed by atoms with Gasteiger partial charge in [0.05, 0.1) is 6.42 Å². The Labute approximate surface area is 123 Å². The highest BCUT2D eigenvalue weighted by atomic mass is 16.4. The van der Waals surface area contributed by atoms with Gasteiger partial charge in [0.1, 0.15) is 11.6 Å². The van der Waals surface area contributed by atoms with Crippen molar-refractivity contribution in [2.75, 3.05) is 0 Å². The first kappa shape index (κ1) is 15.2. The normalized spacial score (nSPS) is 11.8. The van der Waals surface area contributed by atoms with Gasteiger partial charge in [0, 0.05) is 17.1 Å². The van der Waals surface area contributed by atoms with Crippen molar-refractivity contribution < 1.29 is 24.6 Å². The lowest BCUT2D eigenvalue weighted by molar-refractivity contribution is -0.145. The van der Waals surface area contributed by atoms with Crippen molar-refractivity contribution >= 4 is 28.7 Å². The molecule has 1 aromatic carbocycles. The maximum absolute atomic E-state index is 12.2. The molecule has 1 atom stereocenters. The summed E-state index contributed by atoms with van der Waals surface area (Å²) in [4.78, 5) is 48.5. The summed E-state index contributed by atoms with van der Waals surface area (Å²) in [5, 5.41) is 19.8. The van der Waals surface area contributed by atoms with Crippen molar-refractivity contribution in [3.8, 4) is 0 Å². The topological polar surface area (TPSA) is 137 Å². The van der Waals surface area contributed by atoms with Crippen LogP contribution in [0.2, 0.25) is 0 Å². The molecule has 0 saturated carbocycles. The van der Waals surface area contributed by atoms with E-state index in [9.17, 15) is 19.2 Å². The van der Waals surface area contributed by atoms with Gasteiger partial charge in [-0.2, -0.15) is 0 Å². The van der Waals surface area contributed by atoms with E-state index in [1.165, 1.54) is 12.3 Å². The van der Waals surface area contributed by atoms with Crippen molar-refractivity contribution in [1.29, 1.82) is 0 Å². The van der Waals surface area contributed by atoms with Crippen LogP contribution in [-0.4, -0.2) is 39.1 Å². The molecule has 0 radical (unpaired) electrons. The Morgan fingerprint density at radius 3 is 2.50 bits per heavy atom. The predicted molar refractivity (Wildman–Crippen MR) is 75.7 cm³/mol. The molecule has 0 aliphatic heterocycles. The monoisotopic (exact) mass is 304 g/mol. The van der Waals surface area contributed by atoms with Crippen LogP contribution in [0.5, 0.6) is 0 Å². The van der Waals surface area contributed by atoms with Gasteiger partial charge in [0.15, 0.2) is 0 Å². The molecule has 114 valence electrons. The molecule has 0 aliphatic rings. The number of aliphatic carboxylic acids is 2. The molecular weight excluding hydrogens is 292 g/mol. The summed E-state index contributed by atoms with van der Waals surface area (Å²) in [5.41, 5.74) is -0.314. The van der Waals surface area contributed by atoms with Gasteiger partial charge >= 0.3 is 11.9 Å². The van der Waals surface area contributed by atoms with Crippen LogP contribution in [0.25, 0.3) is 10.9 Å². The average Bonchev–Trinajstić information content (AvgIpc) is 2.46. The molecule has 1 aromatic heterocycles. The lowest BCUT2D eigenvalue weighted by Gasteiger charge is -2.12. The molecule has 8 nitrogen and oxygen atoms in total. The maximum atomic E-state index is 12.2. The molecule has 0 bridgehead atoms. The number of amides is 1. The molecule has 1 amide bonds. The molecule has 0 spiro atoms. The van der Waals surface area contributed by atoms with Crippen molar-refractivity contribution in [2.24, 2.45) is 0 Å². The third-order valence-electron chi connectivity index (χ3n) is 3.02. The second-order valence-electron chi connectivity index (χ2n) is 4.54. The number of hydrogen-bond donors (Lipinski definition) is 4.